The van der Waals surface area contributed by atoms with Crippen molar-refractivity contribution >= 4 is 27.8 Å². The number of rotatable bonds is 5. The molecular formula is C13H12BrFN4O. The second kappa shape index (κ2) is 6.95. The average molecular weight is 339 g/mol. The molecule has 1 heterocycles. The molecule has 1 aromatic heterocycles. The van der Waals surface area contributed by atoms with Crippen molar-refractivity contribution in [2.45, 2.75) is 0 Å². The van der Waals surface area contributed by atoms with E-state index in [1.165, 1.54) is 12.1 Å². The molecule has 20 heavy (non-hydrogen) atoms. The first-order valence-electron chi connectivity index (χ1n) is 5.91. The summed E-state index contributed by atoms with van der Waals surface area (Å²) in [6, 6.07) is 6.02. The number of benzene rings is 1. The lowest BCUT2D eigenvalue weighted by Crippen LogP contribution is -2.29. The van der Waals surface area contributed by atoms with Crippen LogP contribution in [0.1, 0.15) is 10.4 Å². The monoisotopic (exact) mass is 338 g/mol. The van der Waals surface area contributed by atoms with Gasteiger partial charge in [0.1, 0.15) is 5.82 Å². The Hall–Kier alpha value is -2.02. The smallest absolute Gasteiger partial charge is 0.254 e. The SMILES string of the molecule is O=C(NCCNc1ncccn1)c1ccc(Br)cc1F. The minimum absolute atomic E-state index is 0.0177. The van der Waals surface area contributed by atoms with Gasteiger partial charge in [0.2, 0.25) is 5.95 Å². The predicted molar refractivity (Wildman–Crippen MR) is 77.0 cm³/mol. The third-order valence-electron chi connectivity index (χ3n) is 2.44. The molecule has 104 valence electrons. The van der Waals surface area contributed by atoms with Gasteiger partial charge in [-0.15, -0.1) is 0 Å². The standard InChI is InChI=1S/C13H12BrFN4O/c14-9-2-3-10(11(15)8-9)12(20)16-6-7-19-13-17-4-1-5-18-13/h1-5,8H,6-7H2,(H,16,20)(H,17,18,19). The molecule has 0 unspecified atom stereocenters. The van der Waals surface area contributed by atoms with Gasteiger partial charge in [0.15, 0.2) is 0 Å². The van der Waals surface area contributed by atoms with Crippen molar-refractivity contribution in [1.82, 2.24) is 15.3 Å². The zero-order valence-corrected chi connectivity index (χ0v) is 12.0. The van der Waals surface area contributed by atoms with Gasteiger partial charge in [0.05, 0.1) is 5.56 Å². The zero-order chi connectivity index (χ0) is 14.4. The number of aromatic nitrogens is 2. The van der Waals surface area contributed by atoms with Crippen LogP contribution in [0.25, 0.3) is 0 Å². The minimum Gasteiger partial charge on any atom is -0.352 e. The lowest BCUT2D eigenvalue weighted by atomic mass is 10.2. The van der Waals surface area contributed by atoms with Crippen molar-refractivity contribution in [3.63, 3.8) is 0 Å². The fraction of sp³-hybridized carbons (Fsp3) is 0.154. The lowest BCUT2D eigenvalue weighted by Gasteiger charge is -2.07. The van der Waals surface area contributed by atoms with Gasteiger partial charge in [-0.25, -0.2) is 14.4 Å². The number of hydrogen-bond acceptors (Lipinski definition) is 4. The quantitative estimate of drug-likeness (QED) is 0.820. The number of hydrogen-bond donors (Lipinski definition) is 2. The van der Waals surface area contributed by atoms with Crippen LogP contribution in [0, 0.1) is 5.82 Å². The first-order chi connectivity index (χ1) is 9.66. The Bertz CT molecular complexity index is 594. The number of anilines is 1. The highest BCUT2D eigenvalue weighted by molar-refractivity contribution is 9.10. The maximum atomic E-state index is 13.5. The van der Waals surface area contributed by atoms with Gasteiger partial charge in [-0.1, -0.05) is 15.9 Å². The summed E-state index contributed by atoms with van der Waals surface area (Å²) in [5.74, 6) is -0.529. The van der Waals surface area contributed by atoms with Crippen molar-refractivity contribution in [2.24, 2.45) is 0 Å². The van der Waals surface area contributed by atoms with E-state index < -0.39 is 11.7 Å². The molecule has 0 saturated carbocycles. The van der Waals surface area contributed by atoms with E-state index in [1.54, 1.807) is 24.5 Å². The van der Waals surface area contributed by atoms with Crippen LogP contribution >= 0.6 is 15.9 Å². The highest BCUT2D eigenvalue weighted by Gasteiger charge is 2.10. The lowest BCUT2D eigenvalue weighted by molar-refractivity contribution is 0.0951. The van der Waals surface area contributed by atoms with Crippen molar-refractivity contribution in [3.05, 3.63) is 52.5 Å². The molecule has 0 atom stereocenters. The Morgan fingerprint density at radius 1 is 1.25 bits per heavy atom. The maximum Gasteiger partial charge on any atom is 0.254 e. The van der Waals surface area contributed by atoms with Crippen LogP contribution in [0.4, 0.5) is 10.3 Å². The molecule has 1 amide bonds. The Balaban J connectivity index is 1.80. The molecule has 0 fully saturated rings. The summed E-state index contributed by atoms with van der Waals surface area (Å²) in [5.41, 5.74) is 0.0177. The summed E-state index contributed by atoms with van der Waals surface area (Å²) < 4.78 is 14.1. The molecule has 5 nitrogen and oxygen atoms in total. The molecule has 2 rings (SSSR count). The van der Waals surface area contributed by atoms with Crippen LogP contribution in [0.5, 0.6) is 0 Å². The Morgan fingerprint density at radius 3 is 2.70 bits per heavy atom. The van der Waals surface area contributed by atoms with Crippen LogP contribution in [-0.4, -0.2) is 29.0 Å². The largest absolute Gasteiger partial charge is 0.352 e. The van der Waals surface area contributed by atoms with E-state index in [4.69, 9.17) is 0 Å². The second-order valence-electron chi connectivity index (χ2n) is 3.88. The summed E-state index contributed by atoms with van der Waals surface area (Å²) >= 11 is 3.14. The van der Waals surface area contributed by atoms with E-state index in [9.17, 15) is 9.18 Å². The Kier molecular flexibility index (Phi) is 5.00. The van der Waals surface area contributed by atoms with Gasteiger partial charge in [-0.05, 0) is 24.3 Å². The topological polar surface area (TPSA) is 66.9 Å². The number of carbonyl (C=O) groups excluding carboxylic acids is 1. The molecule has 0 spiro atoms. The van der Waals surface area contributed by atoms with Crippen LogP contribution < -0.4 is 10.6 Å². The van der Waals surface area contributed by atoms with Gasteiger partial charge in [0.25, 0.3) is 5.91 Å². The number of halogens is 2. The van der Waals surface area contributed by atoms with E-state index in [0.717, 1.165) is 0 Å². The van der Waals surface area contributed by atoms with Crippen LogP contribution in [0.2, 0.25) is 0 Å². The van der Waals surface area contributed by atoms with Crippen molar-refractivity contribution in [1.29, 1.82) is 0 Å². The van der Waals surface area contributed by atoms with Gasteiger partial charge in [-0.3, -0.25) is 4.79 Å². The third kappa shape index (κ3) is 3.99. The molecule has 0 aliphatic carbocycles. The summed E-state index contributed by atoms with van der Waals surface area (Å²) in [5, 5.41) is 5.55. The molecule has 7 heteroatoms. The molecule has 2 aromatic rings. The molecule has 0 bridgehead atoms. The highest BCUT2D eigenvalue weighted by Crippen LogP contribution is 2.14. The van der Waals surface area contributed by atoms with Crippen molar-refractivity contribution < 1.29 is 9.18 Å². The molecule has 0 radical (unpaired) electrons. The van der Waals surface area contributed by atoms with Gasteiger partial charge in [-0.2, -0.15) is 0 Å². The molecule has 0 aliphatic heterocycles. The Labute approximate surface area is 123 Å². The van der Waals surface area contributed by atoms with Crippen molar-refractivity contribution in [3.8, 4) is 0 Å². The third-order valence-corrected chi connectivity index (χ3v) is 2.93. The highest BCUT2D eigenvalue weighted by atomic mass is 79.9. The molecular weight excluding hydrogens is 327 g/mol. The normalized spacial score (nSPS) is 10.1. The number of amides is 1. The number of carbonyl (C=O) groups is 1. The summed E-state index contributed by atoms with van der Waals surface area (Å²) in [4.78, 5) is 19.7. The van der Waals surface area contributed by atoms with Crippen LogP contribution in [0.15, 0.2) is 41.1 Å². The van der Waals surface area contributed by atoms with E-state index in [0.29, 0.717) is 23.5 Å². The Morgan fingerprint density at radius 2 is 2.00 bits per heavy atom. The van der Waals surface area contributed by atoms with Crippen LogP contribution in [-0.2, 0) is 0 Å². The summed E-state index contributed by atoms with van der Waals surface area (Å²) in [6.45, 7) is 0.792. The van der Waals surface area contributed by atoms with Gasteiger partial charge >= 0.3 is 0 Å². The molecule has 2 N–H and O–H groups in total. The predicted octanol–water partition coefficient (Wildman–Crippen LogP) is 2.22. The van der Waals surface area contributed by atoms with E-state index in [1.807, 2.05) is 0 Å². The molecule has 1 aromatic carbocycles. The van der Waals surface area contributed by atoms with Crippen molar-refractivity contribution in [2.75, 3.05) is 18.4 Å². The fourth-order valence-electron chi connectivity index (χ4n) is 1.51. The summed E-state index contributed by atoms with van der Waals surface area (Å²) in [7, 11) is 0. The van der Waals surface area contributed by atoms with E-state index in [-0.39, 0.29) is 5.56 Å². The second-order valence-corrected chi connectivity index (χ2v) is 4.79. The van der Waals surface area contributed by atoms with E-state index >= 15 is 0 Å². The maximum absolute atomic E-state index is 13.5. The van der Waals surface area contributed by atoms with Gasteiger partial charge < -0.3 is 10.6 Å². The summed E-state index contributed by atoms with van der Waals surface area (Å²) in [6.07, 6.45) is 3.23. The number of nitrogens with one attached hydrogen (secondary N) is 2. The fourth-order valence-corrected chi connectivity index (χ4v) is 1.84. The van der Waals surface area contributed by atoms with Crippen LogP contribution in [0.3, 0.4) is 0 Å². The minimum atomic E-state index is -0.559. The van der Waals surface area contributed by atoms with Gasteiger partial charge in [0, 0.05) is 30.0 Å². The molecule has 0 aliphatic rings. The average Bonchev–Trinajstić information content (AvgIpc) is 2.44. The zero-order valence-electron chi connectivity index (χ0n) is 10.4. The van der Waals surface area contributed by atoms with E-state index in [2.05, 4.69) is 36.5 Å². The first kappa shape index (κ1) is 14.4. The molecule has 0 saturated heterocycles. The number of nitrogens with zero attached hydrogens (tertiary/aromatic N) is 2. The first-order valence-corrected chi connectivity index (χ1v) is 6.70.